The Morgan fingerprint density at radius 3 is 2.12 bits per heavy atom. The summed E-state index contributed by atoms with van der Waals surface area (Å²) in [4.78, 5) is 0. The molecule has 0 bridgehead atoms. The standard InChI is InChI=1S/C13H18Br2O/c1-5-9(2)16-13(3,4)10-6-11(14)8-12(15)7-10/h6-9H,5H2,1-4H3. The molecule has 16 heavy (non-hydrogen) atoms. The Kier molecular flexibility index (Phi) is 5.02. The minimum Gasteiger partial charge on any atom is -0.368 e. The van der Waals surface area contributed by atoms with Crippen molar-refractivity contribution in [3.8, 4) is 0 Å². The summed E-state index contributed by atoms with van der Waals surface area (Å²) in [6.07, 6.45) is 1.30. The minimum atomic E-state index is -0.262. The summed E-state index contributed by atoms with van der Waals surface area (Å²) in [5, 5.41) is 0. The first-order chi connectivity index (χ1) is 7.35. The predicted octanol–water partition coefficient (Wildman–Crippen LogP) is 5.26. The Morgan fingerprint density at radius 1 is 1.19 bits per heavy atom. The topological polar surface area (TPSA) is 9.23 Å². The number of ether oxygens (including phenoxy) is 1. The van der Waals surface area contributed by atoms with Crippen LogP contribution in [0.1, 0.15) is 39.7 Å². The average Bonchev–Trinajstić information content (AvgIpc) is 2.15. The Balaban J connectivity index is 2.96. The molecule has 1 unspecified atom stereocenters. The molecule has 1 rings (SSSR count). The van der Waals surface area contributed by atoms with Crippen molar-refractivity contribution in [2.75, 3.05) is 0 Å². The van der Waals surface area contributed by atoms with E-state index >= 15 is 0 Å². The van der Waals surface area contributed by atoms with Crippen molar-refractivity contribution < 1.29 is 4.74 Å². The molecule has 1 aromatic carbocycles. The van der Waals surface area contributed by atoms with Gasteiger partial charge in [-0.1, -0.05) is 38.8 Å². The molecular weight excluding hydrogens is 332 g/mol. The van der Waals surface area contributed by atoms with Crippen LogP contribution in [0.2, 0.25) is 0 Å². The fourth-order valence-electron chi connectivity index (χ4n) is 1.56. The lowest BCUT2D eigenvalue weighted by molar-refractivity contribution is -0.0692. The number of benzene rings is 1. The Morgan fingerprint density at radius 2 is 1.69 bits per heavy atom. The van der Waals surface area contributed by atoms with Crippen LogP contribution in [-0.2, 0) is 10.3 Å². The summed E-state index contributed by atoms with van der Waals surface area (Å²) in [6.45, 7) is 8.45. The molecule has 0 aliphatic heterocycles. The van der Waals surface area contributed by atoms with Crippen molar-refractivity contribution in [3.05, 3.63) is 32.7 Å². The highest BCUT2D eigenvalue weighted by Gasteiger charge is 2.24. The molecule has 0 amide bonds. The average molecular weight is 350 g/mol. The molecule has 0 radical (unpaired) electrons. The van der Waals surface area contributed by atoms with Gasteiger partial charge in [-0.2, -0.15) is 0 Å². The minimum absolute atomic E-state index is 0.262. The zero-order chi connectivity index (χ0) is 12.3. The zero-order valence-corrected chi connectivity index (χ0v) is 13.4. The van der Waals surface area contributed by atoms with Crippen molar-refractivity contribution in [3.63, 3.8) is 0 Å². The third-order valence-corrected chi connectivity index (χ3v) is 3.54. The van der Waals surface area contributed by atoms with Crippen LogP contribution < -0.4 is 0 Å². The molecule has 0 spiro atoms. The number of halogens is 2. The lowest BCUT2D eigenvalue weighted by Gasteiger charge is -2.29. The summed E-state index contributed by atoms with van der Waals surface area (Å²) >= 11 is 7.01. The molecule has 0 heterocycles. The molecular formula is C13H18Br2O. The van der Waals surface area contributed by atoms with E-state index in [9.17, 15) is 0 Å². The third kappa shape index (κ3) is 3.86. The summed E-state index contributed by atoms with van der Waals surface area (Å²) in [5.41, 5.74) is 0.913. The molecule has 0 N–H and O–H groups in total. The number of hydrogen-bond donors (Lipinski definition) is 0. The second kappa shape index (κ2) is 5.65. The lowest BCUT2D eigenvalue weighted by Crippen LogP contribution is -2.26. The molecule has 0 saturated carbocycles. The van der Waals surface area contributed by atoms with Gasteiger partial charge in [-0.25, -0.2) is 0 Å². The summed E-state index contributed by atoms with van der Waals surface area (Å²) in [5.74, 6) is 0. The van der Waals surface area contributed by atoms with Gasteiger partial charge in [0.05, 0.1) is 11.7 Å². The maximum atomic E-state index is 6.04. The first kappa shape index (κ1) is 14.2. The quantitative estimate of drug-likeness (QED) is 0.720. The van der Waals surface area contributed by atoms with Crippen molar-refractivity contribution in [1.82, 2.24) is 0 Å². The van der Waals surface area contributed by atoms with Gasteiger partial charge < -0.3 is 4.74 Å². The van der Waals surface area contributed by atoms with E-state index in [-0.39, 0.29) is 11.7 Å². The van der Waals surface area contributed by atoms with Crippen LogP contribution in [0.5, 0.6) is 0 Å². The van der Waals surface area contributed by atoms with Crippen LogP contribution in [0.4, 0.5) is 0 Å². The van der Waals surface area contributed by atoms with Crippen LogP contribution >= 0.6 is 31.9 Å². The second-order valence-corrected chi connectivity index (χ2v) is 6.34. The third-order valence-electron chi connectivity index (χ3n) is 2.63. The Hall–Kier alpha value is 0.140. The zero-order valence-electron chi connectivity index (χ0n) is 10.2. The van der Waals surface area contributed by atoms with Crippen molar-refractivity contribution in [2.24, 2.45) is 0 Å². The molecule has 0 saturated heterocycles. The van der Waals surface area contributed by atoms with Crippen molar-refractivity contribution >= 4 is 31.9 Å². The van der Waals surface area contributed by atoms with Crippen LogP contribution in [-0.4, -0.2) is 6.10 Å². The van der Waals surface area contributed by atoms with Crippen LogP contribution in [0.25, 0.3) is 0 Å². The summed E-state index contributed by atoms with van der Waals surface area (Å²) in [7, 11) is 0. The SMILES string of the molecule is CCC(C)OC(C)(C)c1cc(Br)cc(Br)c1. The molecule has 0 aliphatic rings. The van der Waals surface area contributed by atoms with Crippen LogP contribution in [0.15, 0.2) is 27.1 Å². The van der Waals surface area contributed by atoms with E-state index in [0.29, 0.717) is 0 Å². The first-order valence-electron chi connectivity index (χ1n) is 5.49. The molecule has 1 nitrogen and oxygen atoms in total. The first-order valence-corrected chi connectivity index (χ1v) is 7.08. The maximum absolute atomic E-state index is 6.04. The van der Waals surface area contributed by atoms with Crippen LogP contribution in [0.3, 0.4) is 0 Å². The molecule has 1 atom stereocenters. The Labute approximate surface area is 115 Å². The van der Waals surface area contributed by atoms with Gasteiger partial charge in [-0.3, -0.25) is 0 Å². The van der Waals surface area contributed by atoms with Gasteiger partial charge in [0.2, 0.25) is 0 Å². The van der Waals surface area contributed by atoms with E-state index in [1.54, 1.807) is 0 Å². The van der Waals surface area contributed by atoms with Gasteiger partial charge in [0.15, 0.2) is 0 Å². The number of hydrogen-bond acceptors (Lipinski definition) is 1. The van der Waals surface area contributed by atoms with E-state index < -0.39 is 0 Å². The predicted molar refractivity (Wildman–Crippen MR) is 75.7 cm³/mol. The fraction of sp³-hybridized carbons (Fsp3) is 0.538. The highest BCUT2D eigenvalue weighted by molar-refractivity contribution is 9.11. The molecule has 90 valence electrons. The normalized spacial score (nSPS) is 13.9. The van der Waals surface area contributed by atoms with E-state index in [2.05, 4.69) is 71.7 Å². The summed E-state index contributed by atoms with van der Waals surface area (Å²) in [6, 6.07) is 6.24. The Bertz CT molecular complexity index is 341. The maximum Gasteiger partial charge on any atom is 0.0879 e. The highest BCUT2D eigenvalue weighted by atomic mass is 79.9. The molecule has 1 aromatic rings. The highest BCUT2D eigenvalue weighted by Crippen LogP contribution is 2.31. The van der Waals surface area contributed by atoms with Gasteiger partial charge >= 0.3 is 0 Å². The largest absolute Gasteiger partial charge is 0.368 e. The fourth-order valence-corrected chi connectivity index (χ4v) is 2.85. The molecule has 3 heteroatoms. The molecule has 0 aromatic heterocycles. The smallest absolute Gasteiger partial charge is 0.0879 e. The van der Waals surface area contributed by atoms with Gasteiger partial charge in [-0.05, 0) is 51.0 Å². The van der Waals surface area contributed by atoms with Gasteiger partial charge in [0, 0.05) is 8.95 Å². The van der Waals surface area contributed by atoms with Crippen LogP contribution in [0, 0.1) is 0 Å². The van der Waals surface area contributed by atoms with Crippen molar-refractivity contribution in [2.45, 2.75) is 45.8 Å². The molecule has 0 fully saturated rings. The van der Waals surface area contributed by atoms with E-state index in [1.807, 2.05) is 6.07 Å². The van der Waals surface area contributed by atoms with Gasteiger partial charge in [0.25, 0.3) is 0 Å². The van der Waals surface area contributed by atoms with Crippen molar-refractivity contribution in [1.29, 1.82) is 0 Å². The van der Waals surface area contributed by atoms with Gasteiger partial charge in [-0.15, -0.1) is 0 Å². The van der Waals surface area contributed by atoms with E-state index in [4.69, 9.17) is 4.74 Å². The number of rotatable bonds is 4. The van der Waals surface area contributed by atoms with Gasteiger partial charge in [0.1, 0.15) is 0 Å². The second-order valence-electron chi connectivity index (χ2n) is 4.51. The lowest BCUT2D eigenvalue weighted by atomic mass is 9.98. The monoisotopic (exact) mass is 348 g/mol. The summed E-state index contributed by atoms with van der Waals surface area (Å²) < 4.78 is 8.18. The molecule has 0 aliphatic carbocycles. The van der Waals surface area contributed by atoms with E-state index in [1.165, 1.54) is 5.56 Å². The van der Waals surface area contributed by atoms with E-state index in [0.717, 1.165) is 15.4 Å².